The molecule has 0 radical (unpaired) electrons. The number of H-pyrrole nitrogens is 1. The van der Waals surface area contributed by atoms with Crippen LogP contribution in [0.2, 0.25) is 0 Å². The third-order valence-electron chi connectivity index (χ3n) is 4.75. The lowest BCUT2D eigenvalue weighted by Gasteiger charge is -2.28. The number of likely N-dealkylation sites (tertiary alicyclic amines) is 1. The highest BCUT2D eigenvalue weighted by Gasteiger charge is 2.22. The van der Waals surface area contributed by atoms with E-state index in [9.17, 15) is 4.79 Å². The average Bonchev–Trinajstić information content (AvgIpc) is 3.16. The first-order chi connectivity index (χ1) is 12.1. The van der Waals surface area contributed by atoms with E-state index in [1.54, 1.807) is 0 Å². The van der Waals surface area contributed by atoms with Crippen LogP contribution in [0.3, 0.4) is 0 Å². The third-order valence-corrected chi connectivity index (χ3v) is 4.75. The fourth-order valence-corrected chi connectivity index (χ4v) is 3.37. The summed E-state index contributed by atoms with van der Waals surface area (Å²) in [5.41, 5.74) is 3.64. The Morgan fingerprint density at radius 2 is 1.96 bits per heavy atom. The molecule has 7 nitrogen and oxygen atoms in total. The Hall–Kier alpha value is -2.67. The topological polar surface area (TPSA) is 78.8 Å². The number of amides is 1. The molecule has 0 atom stereocenters. The summed E-state index contributed by atoms with van der Waals surface area (Å²) in [6.45, 7) is 3.68. The van der Waals surface area contributed by atoms with Gasteiger partial charge in [0.2, 0.25) is 5.91 Å². The van der Waals surface area contributed by atoms with E-state index in [1.165, 1.54) is 6.92 Å². The van der Waals surface area contributed by atoms with Crippen molar-refractivity contribution in [1.29, 1.82) is 0 Å². The van der Waals surface area contributed by atoms with E-state index in [2.05, 4.69) is 32.0 Å². The Kier molecular flexibility index (Phi) is 4.01. The Morgan fingerprint density at radius 1 is 1.24 bits per heavy atom. The second kappa shape index (κ2) is 6.33. The summed E-state index contributed by atoms with van der Waals surface area (Å²) in [7, 11) is 2.16. The van der Waals surface area contributed by atoms with Crippen LogP contribution in [0.25, 0.3) is 22.6 Å². The molecule has 1 fully saturated rings. The van der Waals surface area contributed by atoms with Gasteiger partial charge in [-0.15, -0.1) is 0 Å². The van der Waals surface area contributed by atoms with Crippen LogP contribution in [0, 0.1) is 0 Å². The Morgan fingerprint density at radius 3 is 2.64 bits per heavy atom. The van der Waals surface area contributed by atoms with Crippen LogP contribution in [0.1, 0.15) is 25.8 Å². The molecule has 3 aromatic rings. The summed E-state index contributed by atoms with van der Waals surface area (Å²) < 4.78 is 2.06. The second-order valence-electron chi connectivity index (χ2n) is 6.70. The number of piperidine rings is 1. The highest BCUT2D eigenvalue weighted by atomic mass is 16.1. The second-order valence-corrected chi connectivity index (χ2v) is 6.70. The highest BCUT2D eigenvalue weighted by Crippen LogP contribution is 2.27. The molecule has 130 valence electrons. The molecule has 0 bridgehead atoms. The maximum atomic E-state index is 11.1. The van der Waals surface area contributed by atoms with E-state index in [4.69, 9.17) is 4.98 Å². The molecule has 25 heavy (non-hydrogen) atoms. The van der Waals surface area contributed by atoms with Gasteiger partial charge in [-0.05, 0) is 57.2 Å². The van der Waals surface area contributed by atoms with Crippen LogP contribution in [0.5, 0.6) is 0 Å². The predicted molar refractivity (Wildman–Crippen MR) is 97.4 cm³/mol. The first kappa shape index (κ1) is 15.8. The fourth-order valence-electron chi connectivity index (χ4n) is 3.37. The van der Waals surface area contributed by atoms with Crippen molar-refractivity contribution < 1.29 is 4.79 Å². The zero-order valence-corrected chi connectivity index (χ0v) is 14.5. The number of hydrogen-bond donors (Lipinski definition) is 2. The maximum Gasteiger partial charge on any atom is 0.221 e. The van der Waals surface area contributed by atoms with Crippen LogP contribution < -0.4 is 5.32 Å². The summed E-state index contributed by atoms with van der Waals surface area (Å²) in [6, 6.07) is 8.08. The number of aromatic nitrogens is 4. The summed E-state index contributed by atoms with van der Waals surface area (Å²) >= 11 is 0. The van der Waals surface area contributed by atoms with Gasteiger partial charge in [0, 0.05) is 18.2 Å². The van der Waals surface area contributed by atoms with E-state index in [0.29, 0.717) is 6.04 Å². The smallest absolute Gasteiger partial charge is 0.221 e. The van der Waals surface area contributed by atoms with Crippen molar-refractivity contribution >= 4 is 22.8 Å². The standard InChI is InChI=1S/C18H22N6O/c1-12(25)20-14-5-3-13(4-6-14)17-21-16-11-19-24(18(16)22-17)15-7-9-23(2)10-8-15/h3-6,11,15H,7-10H2,1-2H3,(H,20,25)(H,21,22). The number of carbonyl (C=O) groups excluding carboxylic acids is 1. The van der Waals surface area contributed by atoms with Crippen molar-refractivity contribution in [2.75, 3.05) is 25.5 Å². The number of nitrogens with one attached hydrogen (secondary N) is 2. The molecule has 4 rings (SSSR count). The minimum absolute atomic E-state index is 0.0743. The summed E-state index contributed by atoms with van der Waals surface area (Å²) in [4.78, 5) is 21.6. The van der Waals surface area contributed by atoms with Crippen molar-refractivity contribution in [3.05, 3.63) is 30.5 Å². The van der Waals surface area contributed by atoms with Gasteiger partial charge in [-0.3, -0.25) is 4.79 Å². The molecule has 0 saturated carbocycles. The maximum absolute atomic E-state index is 11.1. The van der Waals surface area contributed by atoms with E-state index in [-0.39, 0.29) is 5.91 Å². The molecule has 2 N–H and O–H groups in total. The minimum Gasteiger partial charge on any atom is -0.335 e. The molecule has 1 aliphatic rings. The number of fused-ring (bicyclic) bond motifs is 1. The van der Waals surface area contributed by atoms with Gasteiger partial charge in [0.05, 0.1) is 12.2 Å². The first-order valence-electron chi connectivity index (χ1n) is 8.60. The van der Waals surface area contributed by atoms with E-state index in [1.807, 2.05) is 30.5 Å². The molecule has 0 unspecified atom stereocenters. The van der Waals surface area contributed by atoms with Gasteiger partial charge in [-0.1, -0.05) is 0 Å². The molecular formula is C18H22N6O. The van der Waals surface area contributed by atoms with Crippen LogP contribution in [0.15, 0.2) is 30.5 Å². The Balaban J connectivity index is 1.60. The fraction of sp³-hybridized carbons (Fsp3) is 0.389. The van der Waals surface area contributed by atoms with Crippen molar-refractivity contribution in [1.82, 2.24) is 24.6 Å². The van der Waals surface area contributed by atoms with Crippen molar-refractivity contribution in [3.8, 4) is 11.4 Å². The minimum atomic E-state index is -0.0743. The van der Waals surface area contributed by atoms with Gasteiger partial charge in [-0.25, -0.2) is 9.67 Å². The molecule has 0 spiro atoms. The number of nitrogens with zero attached hydrogens (tertiary/aromatic N) is 4. The number of benzene rings is 1. The first-order valence-corrected chi connectivity index (χ1v) is 8.60. The number of carbonyl (C=O) groups is 1. The van der Waals surface area contributed by atoms with Crippen molar-refractivity contribution in [2.45, 2.75) is 25.8 Å². The van der Waals surface area contributed by atoms with E-state index < -0.39 is 0 Å². The lowest BCUT2D eigenvalue weighted by Crippen LogP contribution is -2.31. The lowest BCUT2D eigenvalue weighted by molar-refractivity contribution is -0.114. The van der Waals surface area contributed by atoms with Crippen LogP contribution in [-0.2, 0) is 4.79 Å². The SMILES string of the molecule is CC(=O)Nc1ccc(-c2nc3c(cnn3C3CCN(C)CC3)[nH]2)cc1. The molecule has 0 aliphatic carbocycles. The van der Waals surface area contributed by atoms with E-state index >= 15 is 0 Å². The lowest BCUT2D eigenvalue weighted by atomic mass is 10.1. The number of imidazole rings is 1. The van der Waals surface area contributed by atoms with Gasteiger partial charge < -0.3 is 15.2 Å². The van der Waals surface area contributed by atoms with Gasteiger partial charge >= 0.3 is 0 Å². The molecule has 7 heteroatoms. The van der Waals surface area contributed by atoms with Crippen LogP contribution >= 0.6 is 0 Å². The molecule has 2 aromatic heterocycles. The molecule has 1 amide bonds. The summed E-state index contributed by atoms with van der Waals surface area (Å²) in [5.74, 6) is 0.748. The third kappa shape index (κ3) is 3.15. The average molecular weight is 338 g/mol. The number of rotatable bonds is 3. The van der Waals surface area contributed by atoms with Gasteiger partial charge in [-0.2, -0.15) is 5.10 Å². The summed E-state index contributed by atoms with van der Waals surface area (Å²) in [6.07, 6.45) is 4.05. The van der Waals surface area contributed by atoms with Crippen LogP contribution in [0.4, 0.5) is 5.69 Å². The van der Waals surface area contributed by atoms with Crippen LogP contribution in [-0.4, -0.2) is 50.7 Å². The monoisotopic (exact) mass is 338 g/mol. The normalized spacial score (nSPS) is 16.4. The van der Waals surface area contributed by atoms with Gasteiger partial charge in [0.25, 0.3) is 0 Å². The summed E-state index contributed by atoms with van der Waals surface area (Å²) in [5, 5.41) is 7.32. The highest BCUT2D eigenvalue weighted by molar-refractivity contribution is 5.89. The number of anilines is 1. The van der Waals surface area contributed by atoms with Gasteiger partial charge in [0.1, 0.15) is 11.3 Å². The Bertz CT molecular complexity index is 886. The molecule has 1 saturated heterocycles. The van der Waals surface area contributed by atoms with Gasteiger partial charge in [0.15, 0.2) is 5.65 Å². The zero-order valence-electron chi connectivity index (χ0n) is 14.5. The van der Waals surface area contributed by atoms with Crippen molar-refractivity contribution in [2.24, 2.45) is 0 Å². The largest absolute Gasteiger partial charge is 0.335 e. The molecule has 3 heterocycles. The van der Waals surface area contributed by atoms with E-state index in [0.717, 1.165) is 54.2 Å². The molecular weight excluding hydrogens is 316 g/mol. The predicted octanol–water partition coefficient (Wildman–Crippen LogP) is 2.65. The molecule has 1 aliphatic heterocycles. The molecule has 1 aromatic carbocycles. The number of aromatic amines is 1. The zero-order chi connectivity index (χ0) is 17.4. The number of hydrogen-bond acceptors (Lipinski definition) is 4. The van der Waals surface area contributed by atoms with Crippen molar-refractivity contribution in [3.63, 3.8) is 0 Å². The Labute approximate surface area is 146 Å². The quantitative estimate of drug-likeness (QED) is 0.769.